The molecule has 106 valence electrons. The maximum absolute atomic E-state index is 5.30. The SMILES string of the molecule is Cc1nc(CN2CCC[C@H](c3ccccc3C)C2)co1. The zero-order chi connectivity index (χ0) is 13.9. The molecule has 3 heteroatoms. The van der Waals surface area contributed by atoms with Crippen LogP contribution in [0.1, 0.15) is 41.5 Å². The summed E-state index contributed by atoms with van der Waals surface area (Å²) in [5.41, 5.74) is 3.97. The standard InChI is InChI=1S/C17H22N2O/c1-13-6-3-4-8-17(13)15-7-5-9-19(10-15)11-16-12-20-14(2)18-16/h3-4,6,8,12,15H,5,7,9-11H2,1-2H3/t15-/m0/s1. The Morgan fingerprint density at radius 2 is 2.15 bits per heavy atom. The second-order valence-corrected chi connectivity index (χ2v) is 5.79. The Labute approximate surface area is 120 Å². The average Bonchev–Trinajstić information content (AvgIpc) is 2.85. The molecule has 0 radical (unpaired) electrons. The van der Waals surface area contributed by atoms with E-state index >= 15 is 0 Å². The van der Waals surface area contributed by atoms with Crippen LogP contribution in [-0.2, 0) is 6.54 Å². The van der Waals surface area contributed by atoms with Crippen LogP contribution >= 0.6 is 0 Å². The van der Waals surface area contributed by atoms with Crippen molar-refractivity contribution < 1.29 is 4.42 Å². The van der Waals surface area contributed by atoms with E-state index in [1.165, 1.54) is 24.0 Å². The summed E-state index contributed by atoms with van der Waals surface area (Å²) in [5, 5.41) is 0. The average molecular weight is 270 g/mol. The van der Waals surface area contributed by atoms with Gasteiger partial charge in [0.25, 0.3) is 0 Å². The lowest BCUT2D eigenvalue weighted by Gasteiger charge is -2.33. The molecule has 1 atom stereocenters. The van der Waals surface area contributed by atoms with Crippen LogP contribution in [0.15, 0.2) is 34.9 Å². The molecule has 1 aromatic carbocycles. The first-order valence-corrected chi connectivity index (χ1v) is 7.41. The number of hydrogen-bond acceptors (Lipinski definition) is 3. The van der Waals surface area contributed by atoms with Gasteiger partial charge in [-0.1, -0.05) is 24.3 Å². The minimum absolute atomic E-state index is 0.651. The monoisotopic (exact) mass is 270 g/mol. The summed E-state index contributed by atoms with van der Waals surface area (Å²) in [5.74, 6) is 1.41. The molecule has 0 aliphatic carbocycles. The Hall–Kier alpha value is -1.61. The Bertz CT molecular complexity index is 576. The molecule has 2 heterocycles. The van der Waals surface area contributed by atoms with Crippen molar-refractivity contribution in [1.29, 1.82) is 0 Å². The number of aryl methyl sites for hydroxylation is 2. The van der Waals surface area contributed by atoms with Crippen LogP contribution in [0.2, 0.25) is 0 Å². The molecule has 0 saturated carbocycles. The minimum Gasteiger partial charge on any atom is -0.449 e. The van der Waals surface area contributed by atoms with Crippen molar-refractivity contribution in [2.75, 3.05) is 13.1 Å². The lowest BCUT2D eigenvalue weighted by molar-refractivity contribution is 0.198. The van der Waals surface area contributed by atoms with E-state index in [0.717, 1.165) is 31.2 Å². The lowest BCUT2D eigenvalue weighted by Crippen LogP contribution is -2.34. The molecule has 1 aliphatic rings. The van der Waals surface area contributed by atoms with Crippen LogP contribution in [0.5, 0.6) is 0 Å². The van der Waals surface area contributed by atoms with Crippen molar-refractivity contribution in [3.8, 4) is 0 Å². The van der Waals surface area contributed by atoms with Gasteiger partial charge in [-0.15, -0.1) is 0 Å². The zero-order valence-electron chi connectivity index (χ0n) is 12.3. The molecule has 1 saturated heterocycles. The first-order chi connectivity index (χ1) is 9.72. The predicted octanol–water partition coefficient (Wildman–Crippen LogP) is 3.67. The first-order valence-electron chi connectivity index (χ1n) is 7.41. The number of rotatable bonds is 3. The van der Waals surface area contributed by atoms with Crippen LogP contribution in [-0.4, -0.2) is 23.0 Å². The van der Waals surface area contributed by atoms with Gasteiger partial charge in [0.15, 0.2) is 5.89 Å². The maximum atomic E-state index is 5.30. The molecular formula is C17H22N2O. The highest BCUT2D eigenvalue weighted by atomic mass is 16.3. The number of aromatic nitrogens is 1. The minimum atomic E-state index is 0.651. The van der Waals surface area contributed by atoms with Gasteiger partial charge in [0.05, 0.1) is 5.69 Å². The highest BCUT2D eigenvalue weighted by Gasteiger charge is 2.22. The first kappa shape index (κ1) is 13.4. The molecular weight excluding hydrogens is 248 g/mol. The van der Waals surface area contributed by atoms with Crippen molar-refractivity contribution in [3.05, 3.63) is 53.2 Å². The summed E-state index contributed by atoms with van der Waals surface area (Å²) in [7, 11) is 0. The number of piperidine rings is 1. The van der Waals surface area contributed by atoms with E-state index in [9.17, 15) is 0 Å². The summed E-state index contributed by atoms with van der Waals surface area (Å²) in [4.78, 5) is 6.91. The predicted molar refractivity (Wildman–Crippen MR) is 79.7 cm³/mol. The van der Waals surface area contributed by atoms with Crippen molar-refractivity contribution in [1.82, 2.24) is 9.88 Å². The van der Waals surface area contributed by atoms with E-state index < -0.39 is 0 Å². The van der Waals surface area contributed by atoms with E-state index in [-0.39, 0.29) is 0 Å². The molecule has 20 heavy (non-hydrogen) atoms. The van der Waals surface area contributed by atoms with Gasteiger partial charge >= 0.3 is 0 Å². The largest absolute Gasteiger partial charge is 0.449 e. The number of likely N-dealkylation sites (tertiary alicyclic amines) is 1. The molecule has 1 aromatic heterocycles. The highest BCUT2D eigenvalue weighted by Crippen LogP contribution is 2.29. The third kappa shape index (κ3) is 2.93. The van der Waals surface area contributed by atoms with E-state index in [1.54, 1.807) is 6.26 Å². The topological polar surface area (TPSA) is 29.3 Å². The number of benzene rings is 1. The van der Waals surface area contributed by atoms with Gasteiger partial charge < -0.3 is 4.42 Å². The molecule has 0 amide bonds. The smallest absolute Gasteiger partial charge is 0.191 e. The number of nitrogens with zero attached hydrogens (tertiary/aromatic N) is 2. The molecule has 0 N–H and O–H groups in total. The molecule has 2 aromatic rings. The molecule has 3 nitrogen and oxygen atoms in total. The quantitative estimate of drug-likeness (QED) is 0.852. The molecule has 3 rings (SSSR count). The summed E-state index contributed by atoms with van der Waals surface area (Å²) < 4.78 is 5.30. The fourth-order valence-electron chi connectivity index (χ4n) is 3.21. The van der Waals surface area contributed by atoms with Crippen LogP contribution in [0.3, 0.4) is 0 Å². The van der Waals surface area contributed by atoms with E-state index in [0.29, 0.717) is 5.92 Å². The molecule has 0 bridgehead atoms. The normalized spacial score (nSPS) is 20.2. The van der Waals surface area contributed by atoms with Gasteiger partial charge in [-0.25, -0.2) is 4.98 Å². The number of oxazole rings is 1. The lowest BCUT2D eigenvalue weighted by atomic mass is 9.88. The van der Waals surface area contributed by atoms with Gasteiger partial charge in [0.1, 0.15) is 6.26 Å². The summed E-state index contributed by atoms with van der Waals surface area (Å²) >= 11 is 0. The second kappa shape index (κ2) is 5.80. The second-order valence-electron chi connectivity index (χ2n) is 5.79. The fraction of sp³-hybridized carbons (Fsp3) is 0.471. The third-order valence-corrected chi connectivity index (χ3v) is 4.19. The molecule has 1 aliphatic heterocycles. The van der Waals surface area contributed by atoms with Crippen LogP contribution in [0.25, 0.3) is 0 Å². The van der Waals surface area contributed by atoms with Gasteiger partial charge in [0, 0.05) is 20.0 Å². The van der Waals surface area contributed by atoms with E-state index in [4.69, 9.17) is 4.42 Å². The summed E-state index contributed by atoms with van der Waals surface area (Å²) in [6.07, 6.45) is 4.34. The molecule has 0 unspecified atom stereocenters. The van der Waals surface area contributed by atoms with E-state index in [2.05, 4.69) is 41.1 Å². The Kier molecular flexibility index (Phi) is 3.88. The highest BCUT2D eigenvalue weighted by molar-refractivity contribution is 5.29. The molecule has 1 fully saturated rings. The number of hydrogen-bond donors (Lipinski definition) is 0. The fourth-order valence-corrected chi connectivity index (χ4v) is 3.21. The van der Waals surface area contributed by atoms with Crippen LogP contribution < -0.4 is 0 Å². The van der Waals surface area contributed by atoms with Crippen molar-refractivity contribution in [3.63, 3.8) is 0 Å². The van der Waals surface area contributed by atoms with Gasteiger partial charge in [-0.3, -0.25) is 4.90 Å². The van der Waals surface area contributed by atoms with Gasteiger partial charge in [-0.2, -0.15) is 0 Å². The maximum Gasteiger partial charge on any atom is 0.191 e. The molecule has 0 spiro atoms. The van der Waals surface area contributed by atoms with Gasteiger partial charge in [0.2, 0.25) is 0 Å². The van der Waals surface area contributed by atoms with Gasteiger partial charge in [-0.05, 0) is 43.4 Å². The zero-order valence-corrected chi connectivity index (χ0v) is 12.3. The Morgan fingerprint density at radius 3 is 2.90 bits per heavy atom. The van der Waals surface area contributed by atoms with Crippen molar-refractivity contribution >= 4 is 0 Å². The van der Waals surface area contributed by atoms with Crippen LogP contribution in [0.4, 0.5) is 0 Å². The Morgan fingerprint density at radius 1 is 1.30 bits per heavy atom. The Balaban J connectivity index is 1.69. The van der Waals surface area contributed by atoms with Crippen LogP contribution in [0, 0.1) is 13.8 Å². The van der Waals surface area contributed by atoms with Crippen molar-refractivity contribution in [2.24, 2.45) is 0 Å². The summed E-state index contributed by atoms with van der Waals surface area (Å²) in [6, 6.07) is 8.78. The van der Waals surface area contributed by atoms with Crippen molar-refractivity contribution in [2.45, 2.75) is 39.2 Å². The third-order valence-electron chi connectivity index (χ3n) is 4.19. The van der Waals surface area contributed by atoms with E-state index in [1.807, 2.05) is 6.92 Å². The summed E-state index contributed by atoms with van der Waals surface area (Å²) in [6.45, 7) is 7.30.